The molecule has 4 aromatic rings. The highest BCUT2D eigenvalue weighted by molar-refractivity contribution is 5.99. The van der Waals surface area contributed by atoms with E-state index in [4.69, 9.17) is 0 Å². The molecule has 0 aliphatic heterocycles. The van der Waals surface area contributed by atoms with E-state index in [9.17, 15) is 4.79 Å². The van der Waals surface area contributed by atoms with Gasteiger partial charge in [0.1, 0.15) is 0 Å². The van der Waals surface area contributed by atoms with Gasteiger partial charge in [-0.2, -0.15) is 5.21 Å². The molecule has 0 aliphatic rings. The topological polar surface area (TPSA) is 86.8 Å². The molecule has 1 heterocycles. The molecule has 28 heavy (non-hydrogen) atoms. The first-order chi connectivity index (χ1) is 13.6. The van der Waals surface area contributed by atoms with Crippen LogP contribution in [-0.2, 0) is 6.54 Å². The first-order valence-electron chi connectivity index (χ1n) is 8.92. The van der Waals surface area contributed by atoms with Gasteiger partial charge in [0.25, 0.3) is 5.91 Å². The van der Waals surface area contributed by atoms with Gasteiger partial charge < -0.3 is 10.2 Å². The van der Waals surface area contributed by atoms with Gasteiger partial charge in [-0.3, -0.25) is 4.79 Å². The maximum atomic E-state index is 12.4. The number of aromatic amines is 1. The number of tetrazole rings is 1. The second-order valence-electron chi connectivity index (χ2n) is 6.73. The van der Waals surface area contributed by atoms with E-state index in [0.29, 0.717) is 11.4 Å². The number of amides is 1. The van der Waals surface area contributed by atoms with E-state index in [1.807, 2.05) is 38.4 Å². The van der Waals surface area contributed by atoms with Crippen LogP contribution in [0.5, 0.6) is 0 Å². The molecular weight excluding hydrogens is 352 g/mol. The summed E-state index contributed by atoms with van der Waals surface area (Å²) in [5.74, 6) is 0.271. The Morgan fingerprint density at radius 2 is 1.79 bits per heavy atom. The molecule has 2 N–H and O–H groups in total. The van der Waals surface area contributed by atoms with Crippen molar-refractivity contribution < 1.29 is 4.79 Å². The van der Waals surface area contributed by atoms with Crippen LogP contribution in [0.15, 0.2) is 60.7 Å². The molecular formula is C21H20N6O. The number of H-pyrrole nitrogens is 1. The lowest BCUT2D eigenvalue weighted by molar-refractivity contribution is 0.0950. The Balaban J connectivity index is 1.57. The molecule has 0 aliphatic carbocycles. The van der Waals surface area contributed by atoms with E-state index in [1.165, 1.54) is 0 Å². The second kappa shape index (κ2) is 7.48. The predicted molar refractivity (Wildman–Crippen MR) is 109 cm³/mol. The molecule has 4 rings (SSSR count). The fourth-order valence-electron chi connectivity index (χ4n) is 3.05. The summed E-state index contributed by atoms with van der Waals surface area (Å²) in [6.45, 7) is 0.231. The van der Waals surface area contributed by atoms with Gasteiger partial charge in [-0.1, -0.05) is 35.5 Å². The van der Waals surface area contributed by atoms with Crippen LogP contribution >= 0.6 is 0 Å². The SMILES string of the molecule is CN(C)c1cccc(-c2ccc3cc(C(=O)NCc4nn[nH]n4)ccc3c2)c1. The Morgan fingerprint density at radius 3 is 2.57 bits per heavy atom. The highest BCUT2D eigenvalue weighted by Crippen LogP contribution is 2.27. The zero-order chi connectivity index (χ0) is 19.5. The van der Waals surface area contributed by atoms with Crippen LogP contribution in [-0.4, -0.2) is 40.6 Å². The number of hydrogen-bond donors (Lipinski definition) is 2. The minimum absolute atomic E-state index is 0.172. The van der Waals surface area contributed by atoms with E-state index in [-0.39, 0.29) is 12.5 Å². The third kappa shape index (κ3) is 3.68. The summed E-state index contributed by atoms with van der Waals surface area (Å²) in [5, 5.41) is 18.4. The number of carbonyl (C=O) groups excluding carboxylic acids is 1. The van der Waals surface area contributed by atoms with Gasteiger partial charge in [-0.15, -0.1) is 10.2 Å². The molecule has 0 saturated carbocycles. The number of nitrogens with one attached hydrogen (secondary N) is 2. The van der Waals surface area contributed by atoms with Crippen molar-refractivity contribution >= 4 is 22.4 Å². The number of benzene rings is 3. The lowest BCUT2D eigenvalue weighted by Crippen LogP contribution is -2.23. The molecule has 0 spiro atoms. The van der Waals surface area contributed by atoms with E-state index >= 15 is 0 Å². The third-order valence-corrected chi connectivity index (χ3v) is 4.59. The van der Waals surface area contributed by atoms with Crippen molar-refractivity contribution in [2.75, 3.05) is 19.0 Å². The number of rotatable bonds is 5. The van der Waals surface area contributed by atoms with Crippen molar-refractivity contribution in [3.05, 3.63) is 72.1 Å². The summed E-state index contributed by atoms with van der Waals surface area (Å²) >= 11 is 0. The monoisotopic (exact) mass is 372 g/mol. The van der Waals surface area contributed by atoms with Crippen LogP contribution < -0.4 is 10.2 Å². The summed E-state index contributed by atoms with van der Waals surface area (Å²) in [6.07, 6.45) is 0. The first kappa shape index (κ1) is 17.7. The van der Waals surface area contributed by atoms with Crippen molar-refractivity contribution in [1.82, 2.24) is 25.9 Å². The Morgan fingerprint density at radius 1 is 1.00 bits per heavy atom. The maximum absolute atomic E-state index is 12.4. The normalized spacial score (nSPS) is 10.8. The molecule has 0 atom stereocenters. The molecule has 7 nitrogen and oxygen atoms in total. The van der Waals surface area contributed by atoms with Gasteiger partial charge >= 0.3 is 0 Å². The summed E-state index contributed by atoms with van der Waals surface area (Å²) in [4.78, 5) is 14.5. The highest BCUT2D eigenvalue weighted by atomic mass is 16.1. The van der Waals surface area contributed by atoms with Crippen LogP contribution in [0.4, 0.5) is 5.69 Å². The number of nitrogens with zero attached hydrogens (tertiary/aromatic N) is 4. The molecule has 3 aromatic carbocycles. The van der Waals surface area contributed by atoms with Gasteiger partial charge in [0.15, 0.2) is 5.82 Å². The molecule has 0 unspecified atom stereocenters. The fourth-order valence-corrected chi connectivity index (χ4v) is 3.05. The first-order valence-corrected chi connectivity index (χ1v) is 8.92. The minimum Gasteiger partial charge on any atom is -0.378 e. The van der Waals surface area contributed by atoms with Crippen molar-refractivity contribution in [1.29, 1.82) is 0 Å². The molecule has 0 radical (unpaired) electrons. The molecule has 1 aromatic heterocycles. The second-order valence-corrected chi connectivity index (χ2v) is 6.73. The maximum Gasteiger partial charge on any atom is 0.251 e. The predicted octanol–water partition coefficient (Wildman–Crippen LogP) is 3.02. The lowest BCUT2D eigenvalue weighted by atomic mass is 9.99. The Hall–Kier alpha value is -3.74. The number of anilines is 1. The van der Waals surface area contributed by atoms with E-state index in [2.05, 4.69) is 67.2 Å². The van der Waals surface area contributed by atoms with Crippen molar-refractivity contribution in [2.24, 2.45) is 0 Å². The van der Waals surface area contributed by atoms with Crippen LogP contribution in [0.3, 0.4) is 0 Å². The number of fused-ring (bicyclic) bond motifs is 1. The molecule has 0 bridgehead atoms. The molecule has 1 amide bonds. The number of hydrogen-bond acceptors (Lipinski definition) is 5. The van der Waals surface area contributed by atoms with Gasteiger partial charge in [0, 0.05) is 25.3 Å². The van der Waals surface area contributed by atoms with Gasteiger partial charge in [-0.25, -0.2) is 0 Å². The zero-order valence-corrected chi connectivity index (χ0v) is 15.7. The van der Waals surface area contributed by atoms with Crippen molar-refractivity contribution in [2.45, 2.75) is 6.54 Å². The third-order valence-electron chi connectivity index (χ3n) is 4.59. The van der Waals surface area contributed by atoms with E-state index in [1.54, 1.807) is 0 Å². The summed E-state index contributed by atoms with van der Waals surface area (Å²) in [5.41, 5.74) is 4.06. The fraction of sp³-hybridized carbons (Fsp3) is 0.143. The van der Waals surface area contributed by atoms with Crippen LogP contribution in [0.1, 0.15) is 16.2 Å². The molecule has 0 saturated heterocycles. The minimum atomic E-state index is -0.172. The molecule has 0 fully saturated rings. The van der Waals surface area contributed by atoms with Crippen LogP contribution in [0.2, 0.25) is 0 Å². The molecule has 7 heteroatoms. The average molecular weight is 372 g/mol. The standard InChI is InChI=1S/C21H20N6O/c1-27(2)19-5-3-4-14(12-19)15-6-7-17-11-18(9-8-16(17)10-15)21(28)22-13-20-23-25-26-24-20/h3-12H,13H2,1-2H3,(H,22,28)(H,23,24,25,26). The Kier molecular flexibility index (Phi) is 4.72. The largest absolute Gasteiger partial charge is 0.378 e. The Labute approximate surface area is 162 Å². The average Bonchev–Trinajstić information content (AvgIpc) is 3.25. The van der Waals surface area contributed by atoms with Crippen molar-refractivity contribution in [3.8, 4) is 11.1 Å². The smallest absolute Gasteiger partial charge is 0.251 e. The Bertz CT molecular complexity index is 1120. The van der Waals surface area contributed by atoms with E-state index < -0.39 is 0 Å². The molecule has 140 valence electrons. The number of carbonyl (C=O) groups is 1. The van der Waals surface area contributed by atoms with Crippen LogP contribution in [0.25, 0.3) is 21.9 Å². The lowest BCUT2D eigenvalue weighted by Gasteiger charge is -2.14. The number of aromatic nitrogens is 4. The van der Waals surface area contributed by atoms with Crippen LogP contribution in [0, 0.1) is 0 Å². The quantitative estimate of drug-likeness (QED) is 0.562. The van der Waals surface area contributed by atoms with Gasteiger partial charge in [0.05, 0.1) is 6.54 Å². The highest BCUT2D eigenvalue weighted by Gasteiger charge is 2.09. The van der Waals surface area contributed by atoms with E-state index in [0.717, 1.165) is 27.6 Å². The summed E-state index contributed by atoms with van der Waals surface area (Å²) in [6, 6.07) is 20.4. The summed E-state index contributed by atoms with van der Waals surface area (Å²) < 4.78 is 0. The van der Waals surface area contributed by atoms with Crippen molar-refractivity contribution in [3.63, 3.8) is 0 Å². The van der Waals surface area contributed by atoms with Gasteiger partial charge in [0.2, 0.25) is 0 Å². The summed E-state index contributed by atoms with van der Waals surface area (Å²) in [7, 11) is 4.07. The van der Waals surface area contributed by atoms with Gasteiger partial charge in [-0.05, 0) is 52.2 Å². The zero-order valence-electron chi connectivity index (χ0n) is 15.7.